The highest BCUT2D eigenvalue weighted by Crippen LogP contribution is 2.30. The van der Waals surface area contributed by atoms with E-state index in [-0.39, 0.29) is 27.8 Å². The predicted molar refractivity (Wildman–Crippen MR) is 130 cm³/mol. The molecule has 0 unspecified atom stereocenters. The van der Waals surface area contributed by atoms with Gasteiger partial charge in [0, 0.05) is 37.8 Å². The number of amides is 1. The fourth-order valence-corrected chi connectivity index (χ4v) is 6.70. The molecule has 2 aromatic rings. The molecule has 1 amide bonds. The first-order valence-electron chi connectivity index (χ1n) is 12.0. The molecule has 4 rings (SSSR count). The molecule has 33 heavy (non-hydrogen) atoms. The Labute approximate surface area is 196 Å². The summed E-state index contributed by atoms with van der Waals surface area (Å²) in [4.78, 5) is 26.5. The fourth-order valence-electron chi connectivity index (χ4n) is 5.20. The van der Waals surface area contributed by atoms with Gasteiger partial charge in [-0.25, -0.2) is 8.42 Å². The van der Waals surface area contributed by atoms with E-state index in [0.29, 0.717) is 36.4 Å². The lowest BCUT2D eigenvalue weighted by molar-refractivity contribution is 0.0889. The molecule has 7 nitrogen and oxygen atoms in total. The molecular formula is C25H35N3O4S. The van der Waals surface area contributed by atoms with Gasteiger partial charge in [-0.05, 0) is 55.2 Å². The third kappa shape index (κ3) is 4.60. The number of aromatic nitrogens is 1. The Morgan fingerprint density at radius 3 is 2.45 bits per heavy atom. The number of nitrogens with zero attached hydrogens (tertiary/aromatic N) is 2. The second-order valence-electron chi connectivity index (χ2n) is 10.1. The minimum Gasteiger partial charge on any atom is -0.350 e. The number of carbonyl (C=O) groups excluding carboxylic acids is 1. The maximum atomic E-state index is 13.3. The van der Waals surface area contributed by atoms with Gasteiger partial charge in [-0.3, -0.25) is 9.59 Å². The van der Waals surface area contributed by atoms with Crippen LogP contribution in [0, 0.1) is 17.8 Å². The van der Waals surface area contributed by atoms with E-state index in [0.717, 1.165) is 32.1 Å². The quantitative estimate of drug-likeness (QED) is 0.736. The van der Waals surface area contributed by atoms with E-state index in [4.69, 9.17) is 0 Å². The maximum absolute atomic E-state index is 13.3. The number of benzene rings is 1. The van der Waals surface area contributed by atoms with Crippen molar-refractivity contribution >= 4 is 26.8 Å². The third-order valence-corrected chi connectivity index (χ3v) is 9.70. The smallest absolute Gasteiger partial charge is 0.256 e. The van der Waals surface area contributed by atoms with Crippen molar-refractivity contribution in [2.45, 2.75) is 63.8 Å². The Bertz CT molecular complexity index is 1210. The van der Waals surface area contributed by atoms with Crippen LogP contribution in [0.2, 0.25) is 0 Å². The van der Waals surface area contributed by atoms with Gasteiger partial charge in [-0.2, -0.15) is 4.31 Å². The van der Waals surface area contributed by atoms with Gasteiger partial charge >= 0.3 is 0 Å². The molecule has 0 bridgehead atoms. The molecule has 1 saturated heterocycles. The van der Waals surface area contributed by atoms with Gasteiger partial charge in [0.2, 0.25) is 15.5 Å². The van der Waals surface area contributed by atoms with Gasteiger partial charge < -0.3 is 9.88 Å². The SMILES string of the molecule is CC1CCN(S(=O)(=O)c2ccc3c(c2)c(=O)c(C(=O)N[C@@H]2CCC[C@@H](C)[C@@H]2C)cn3C)CC1. The number of hydrogen-bond acceptors (Lipinski definition) is 4. The molecule has 1 saturated carbocycles. The van der Waals surface area contributed by atoms with Crippen LogP contribution in [0.5, 0.6) is 0 Å². The number of pyridine rings is 1. The van der Waals surface area contributed by atoms with Gasteiger partial charge in [-0.15, -0.1) is 0 Å². The summed E-state index contributed by atoms with van der Waals surface area (Å²) in [5.41, 5.74) is 0.223. The lowest BCUT2D eigenvalue weighted by Gasteiger charge is -2.34. The number of aryl methyl sites for hydroxylation is 1. The lowest BCUT2D eigenvalue weighted by atomic mass is 9.78. The minimum absolute atomic E-state index is 0.0369. The molecule has 1 aromatic carbocycles. The van der Waals surface area contributed by atoms with Crippen molar-refractivity contribution in [3.8, 4) is 0 Å². The molecule has 1 N–H and O–H groups in total. The zero-order chi connectivity index (χ0) is 23.9. The first kappa shape index (κ1) is 24.0. The van der Waals surface area contributed by atoms with E-state index in [1.165, 1.54) is 10.4 Å². The molecule has 2 aliphatic rings. The number of rotatable bonds is 4. The average Bonchev–Trinajstić information content (AvgIpc) is 2.79. The van der Waals surface area contributed by atoms with E-state index < -0.39 is 15.5 Å². The van der Waals surface area contributed by atoms with Crippen LogP contribution in [-0.2, 0) is 17.1 Å². The summed E-state index contributed by atoms with van der Waals surface area (Å²) in [6.07, 6.45) is 6.33. The first-order valence-corrected chi connectivity index (χ1v) is 13.5. The number of sulfonamides is 1. The van der Waals surface area contributed by atoms with E-state index in [1.54, 1.807) is 29.9 Å². The molecule has 0 spiro atoms. The van der Waals surface area contributed by atoms with Crippen molar-refractivity contribution < 1.29 is 13.2 Å². The fraction of sp³-hybridized carbons (Fsp3) is 0.600. The standard InChI is InChI=1S/C25H35N3O4S/c1-16-10-12-28(13-11-16)33(31,32)19-8-9-23-20(14-19)24(29)21(15-27(23)4)25(30)26-22-7-5-6-17(2)18(22)3/h8-9,14-18,22H,5-7,10-13H2,1-4H3,(H,26,30)/t17-,18+,22-/m1/s1. The number of nitrogens with one attached hydrogen (secondary N) is 1. The van der Waals surface area contributed by atoms with Crippen molar-refractivity contribution in [2.24, 2.45) is 24.8 Å². The van der Waals surface area contributed by atoms with E-state index in [2.05, 4.69) is 26.1 Å². The van der Waals surface area contributed by atoms with Gasteiger partial charge in [0.05, 0.1) is 10.4 Å². The summed E-state index contributed by atoms with van der Waals surface area (Å²) in [7, 11) is -1.92. The second kappa shape index (κ2) is 9.22. The maximum Gasteiger partial charge on any atom is 0.256 e. The Kier molecular flexibility index (Phi) is 6.69. The third-order valence-electron chi connectivity index (χ3n) is 7.81. The number of carbonyl (C=O) groups is 1. The normalized spacial score (nSPS) is 25.3. The van der Waals surface area contributed by atoms with E-state index >= 15 is 0 Å². The molecule has 3 atom stereocenters. The number of piperidine rings is 1. The highest BCUT2D eigenvalue weighted by molar-refractivity contribution is 7.89. The topological polar surface area (TPSA) is 88.5 Å². The van der Waals surface area contributed by atoms with Gasteiger partial charge in [0.25, 0.3) is 5.91 Å². The summed E-state index contributed by atoms with van der Waals surface area (Å²) in [5, 5.41) is 3.32. The first-order chi connectivity index (χ1) is 15.6. The summed E-state index contributed by atoms with van der Waals surface area (Å²) >= 11 is 0. The van der Waals surface area contributed by atoms with E-state index in [9.17, 15) is 18.0 Å². The molecule has 1 aliphatic carbocycles. The predicted octanol–water partition coefficient (Wildman–Crippen LogP) is 3.51. The number of hydrogen-bond donors (Lipinski definition) is 1. The molecule has 1 aliphatic heterocycles. The monoisotopic (exact) mass is 473 g/mol. The Morgan fingerprint density at radius 2 is 1.76 bits per heavy atom. The van der Waals surface area contributed by atoms with Crippen LogP contribution in [-0.4, -0.2) is 42.3 Å². The van der Waals surface area contributed by atoms with Crippen LogP contribution in [0.25, 0.3) is 10.9 Å². The molecule has 180 valence electrons. The summed E-state index contributed by atoms with van der Waals surface area (Å²) < 4.78 is 29.7. The Hall–Kier alpha value is -2.19. The van der Waals surface area contributed by atoms with Crippen LogP contribution >= 0.6 is 0 Å². The average molecular weight is 474 g/mol. The second-order valence-corrected chi connectivity index (χ2v) is 12.0. The molecule has 2 fully saturated rings. The zero-order valence-corrected chi connectivity index (χ0v) is 20.8. The summed E-state index contributed by atoms with van der Waals surface area (Å²) in [5.74, 6) is 0.989. The van der Waals surface area contributed by atoms with Crippen molar-refractivity contribution in [3.63, 3.8) is 0 Å². The van der Waals surface area contributed by atoms with Crippen LogP contribution in [0.3, 0.4) is 0 Å². The van der Waals surface area contributed by atoms with Crippen molar-refractivity contribution in [1.29, 1.82) is 0 Å². The van der Waals surface area contributed by atoms with Crippen molar-refractivity contribution in [1.82, 2.24) is 14.2 Å². The minimum atomic E-state index is -3.69. The molecule has 0 radical (unpaired) electrons. The van der Waals surface area contributed by atoms with Crippen LogP contribution < -0.4 is 10.7 Å². The lowest BCUT2D eigenvalue weighted by Crippen LogP contribution is -2.45. The summed E-state index contributed by atoms with van der Waals surface area (Å²) in [6, 6.07) is 4.69. The Balaban J connectivity index is 1.68. The molecule has 2 heterocycles. The summed E-state index contributed by atoms with van der Waals surface area (Å²) in [6.45, 7) is 7.44. The van der Waals surface area contributed by atoms with Crippen LogP contribution in [0.1, 0.15) is 63.2 Å². The zero-order valence-electron chi connectivity index (χ0n) is 20.0. The highest BCUT2D eigenvalue weighted by Gasteiger charge is 2.30. The highest BCUT2D eigenvalue weighted by atomic mass is 32.2. The van der Waals surface area contributed by atoms with E-state index in [1.807, 2.05) is 0 Å². The van der Waals surface area contributed by atoms with Gasteiger partial charge in [0.1, 0.15) is 5.56 Å². The largest absolute Gasteiger partial charge is 0.350 e. The molecular weight excluding hydrogens is 438 g/mol. The number of fused-ring (bicyclic) bond motifs is 1. The Morgan fingerprint density at radius 1 is 1.06 bits per heavy atom. The van der Waals surface area contributed by atoms with Crippen molar-refractivity contribution in [2.75, 3.05) is 13.1 Å². The van der Waals surface area contributed by atoms with Crippen LogP contribution in [0.4, 0.5) is 0 Å². The van der Waals surface area contributed by atoms with Crippen molar-refractivity contribution in [3.05, 3.63) is 40.2 Å². The molecule has 1 aromatic heterocycles. The van der Waals surface area contributed by atoms with Gasteiger partial charge in [-0.1, -0.05) is 33.6 Å². The molecule has 8 heteroatoms. The van der Waals surface area contributed by atoms with Gasteiger partial charge in [0.15, 0.2) is 0 Å². The van der Waals surface area contributed by atoms with Crippen LogP contribution in [0.15, 0.2) is 34.1 Å².